The Balaban J connectivity index is 2.48. The van der Waals surface area contributed by atoms with Gasteiger partial charge in [0.25, 0.3) is 10.0 Å². The van der Waals surface area contributed by atoms with E-state index in [1.165, 1.54) is 15.7 Å². The van der Waals surface area contributed by atoms with Crippen molar-refractivity contribution in [2.24, 2.45) is 0 Å². The largest absolute Gasteiger partial charge is 0.279 e. The smallest absolute Gasteiger partial charge is 0.260 e. The van der Waals surface area contributed by atoms with E-state index in [9.17, 15) is 8.42 Å². The zero-order valence-electron chi connectivity index (χ0n) is 8.35. The Morgan fingerprint density at radius 3 is 3.00 bits per heavy atom. The second kappa shape index (κ2) is 4.58. The number of fused-ring (bicyclic) bond motifs is 1. The van der Waals surface area contributed by atoms with E-state index in [0.29, 0.717) is 4.96 Å². The van der Waals surface area contributed by atoms with E-state index in [4.69, 9.17) is 23.2 Å². The molecular formula is C8H7Cl2N3O2S2. The number of halogens is 2. The Morgan fingerprint density at radius 2 is 2.35 bits per heavy atom. The molecule has 0 amide bonds. The van der Waals surface area contributed by atoms with Gasteiger partial charge in [0, 0.05) is 23.2 Å². The summed E-state index contributed by atoms with van der Waals surface area (Å²) in [5.41, 5.74) is 0. The van der Waals surface area contributed by atoms with Crippen LogP contribution < -0.4 is 4.72 Å². The highest BCUT2D eigenvalue weighted by Gasteiger charge is 2.24. The molecule has 2 heterocycles. The lowest BCUT2D eigenvalue weighted by atomic mass is 10.7. The minimum atomic E-state index is -3.76. The average Bonchev–Trinajstić information content (AvgIpc) is 2.73. The number of thiazole rings is 1. The van der Waals surface area contributed by atoms with Crippen molar-refractivity contribution in [2.75, 3.05) is 6.54 Å². The number of nitrogens with one attached hydrogen (secondary N) is 1. The molecule has 0 saturated heterocycles. The van der Waals surface area contributed by atoms with Crippen molar-refractivity contribution >= 4 is 49.5 Å². The summed E-state index contributed by atoms with van der Waals surface area (Å²) >= 11 is 12.6. The van der Waals surface area contributed by atoms with Crippen molar-refractivity contribution in [3.05, 3.63) is 28.3 Å². The fourth-order valence-electron chi connectivity index (χ4n) is 1.22. The van der Waals surface area contributed by atoms with Gasteiger partial charge in [-0.15, -0.1) is 11.3 Å². The van der Waals surface area contributed by atoms with E-state index in [-0.39, 0.29) is 21.8 Å². The predicted octanol–water partition coefficient (Wildman–Crippen LogP) is 2.08. The summed E-state index contributed by atoms with van der Waals surface area (Å²) < 4.78 is 27.7. The molecule has 0 aliphatic rings. The van der Waals surface area contributed by atoms with E-state index < -0.39 is 10.0 Å². The lowest BCUT2D eigenvalue weighted by molar-refractivity contribution is 0.580. The molecule has 2 rings (SSSR count). The third-order valence-corrected chi connectivity index (χ3v) is 4.58. The number of hydrogen-bond donors (Lipinski definition) is 1. The van der Waals surface area contributed by atoms with Crippen LogP contribution in [-0.2, 0) is 10.0 Å². The number of imidazole rings is 1. The molecule has 2 aromatic heterocycles. The molecule has 0 spiro atoms. The molecule has 0 aromatic carbocycles. The topological polar surface area (TPSA) is 63.5 Å². The van der Waals surface area contributed by atoms with Crippen molar-refractivity contribution in [3.8, 4) is 0 Å². The minimum absolute atomic E-state index is 0.0579. The molecule has 92 valence electrons. The third kappa shape index (κ3) is 2.48. The number of hydrogen-bond acceptors (Lipinski definition) is 4. The summed E-state index contributed by atoms with van der Waals surface area (Å²) in [5, 5.41) is 1.76. The van der Waals surface area contributed by atoms with Gasteiger partial charge in [-0.2, -0.15) is 0 Å². The zero-order chi connectivity index (χ0) is 12.6. The fourth-order valence-corrected chi connectivity index (χ4v) is 3.84. The van der Waals surface area contributed by atoms with Gasteiger partial charge in [-0.05, 0) is 0 Å². The molecule has 17 heavy (non-hydrogen) atoms. The van der Waals surface area contributed by atoms with Gasteiger partial charge in [-0.1, -0.05) is 29.8 Å². The van der Waals surface area contributed by atoms with Crippen LogP contribution in [0.25, 0.3) is 4.96 Å². The highest BCUT2D eigenvalue weighted by Crippen LogP contribution is 2.25. The maximum Gasteiger partial charge on any atom is 0.260 e. The van der Waals surface area contributed by atoms with Gasteiger partial charge in [0.1, 0.15) is 0 Å². The van der Waals surface area contributed by atoms with Crippen molar-refractivity contribution in [3.63, 3.8) is 0 Å². The Labute approximate surface area is 112 Å². The Hall–Kier alpha value is -0.600. The molecule has 0 radical (unpaired) electrons. The van der Waals surface area contributed by atoms with Gasteiger partial charge in [-0.25, -0.2) is 18.1 Å². The maximum atomic E-state index is 12.0. The summed E-state index contributed by atoms with van der Waals surface area (Å²) in [4.78, 5) is 4.45. The first-order chi connectivity index (χ1) is 7.92. The summed E-state index contributed by atoms with van der Waals surface area (Å²) in [5.74, 6) is 0. The molecule has 0 bridgehead atoms. The predicted molar refractivity (Wildman–Crippen MR) is 68.3 cm³/mol. The number of sulfonamides is 1. The van der Waals surface area contributed by atoms with E-state index >= 15 is 0 Å². The molecule has 0 atom stereocenters. The summed E-state index contributed by atoms with van der Waals surface area (Å²) in [6, 6.07) is 0. The maximum absolute atomic E-state index is 12.0. The van der Waals surface area contributed by atoms with Gasteiger partial charge in [0.2, 0.25) is 0 Å². The Morgan fingerprint density at radius 1 is 1.65 bits per heavy atom. The first-order valence-corrected chi connectivity index (χ1v) is 7.47. The molecule has 5 nitrogen and oxygen atoms in total. The van der Waals surface area contributed by atoms with Gasteiger partial charge in [0.15, 0.2) is 15.1 Å². The molecule has 0 saturated carbocycles. The van der Waals surface area contributed by atoms with Crippen LogP contribution in [0.5, 0.6) is 0 Å². The van der Waals surface area contributed by atoms with Crippen LogP contribution in [0.2, 0.25) is 5.15 Å². The second-order valence-corrected chi connectivity index (χ2v) is 6.55. The van der Waals surface area contributed by atoms with Crippen LogP contribution in [0.3, 0.4) is 0 Å². The average molecular weight is 312 g/mol. The lowest BCUT2D eigenvalue weighted by Crippen LogP contribution is -2.26. The molecular weight excluding hydrogens is 305 g/mol. The van der Waals surface area contributed by atoms with Crippen molar-refractivity contribution in [1.82, 2.24) is 14.1 Å². The SMILES string of the molecule is C=C(Cl)CNS(=O)(=O)c1c(Cl)nc2sccn12. The van der Waals surface area contributed by atoms with Gasteiger partial charge in [0.05, 0.1) is 0 Å². The van der Waals surface area contributed by atoms with E-state index in [1.54, 1.807) is 11.6 Å². The molecule has 9 heteroatoms. The van der Waals surface area contributed by atoms with E-state index in [0.717, 1.165) is 0 Å². The standard InChI is InChI=1S/C8H7Cl2N3O2S2/c1-5(9)4-11-17(14,15)7-6(10)12-8-13(7)2-3-16-8/h2-3,11H,1,4H2. The highest BCUT2D eigenvalue weighted by atomic mass is 35.5. The van der Waals surface area contributed by atoms with Crippen LogP contribution >= 0.6 is 34.5 Å². The number of aromatic nitrogens is 2. The molecule has 0 aliphatic carbocycles. The first kappa shape index (κ1) is 12.8. The summed E-state index contributed by atoms with van der Waals surface area (Å²) in [7, 11) is -3.76. The van der Waals surface area contributed by atoms with Crippen LogP contribution in [0, 0.1) is 0 Å². The number of nitrogens with zero attached hydrogens (tertiary/aromatic N) is 2. The van der Waals surface area contributed by atoms with Gasteiger partial charge < -0.3 is 0 Å². The highest BCUT2D eigenvalue weighted by molar-refractivity contribution is 7.89. The molecule has 0 fully saturated rings. The Kier molecular flexibility index (Phi) is 3.46. The van der Waals surface area contributed by atoms with Crippen LogP contribution in [0.15, 0.2) is 28.2 Å². The summed E-state index contributed by atoms with van der Waals surface area (Å²) in [6.07, 6.45) is 1.59. The monoisotopic (exact) mass is 311 g/mol. The van der Waals surface area contributed by atoms with Crippen molar-refractivity contribution in [1.29, 1.82) is 0 Å². The van der Waals surface area contributed by atoms with E-state index in [1.807, 2.05) is 0 Å². The van der Waals surface area contributed by atoms with Crippen molar-refractivity contribution < 1.29 is 8.42 Å². The Bertz CT molecular complexity index is 674. The molecule has 0 aliphatic heterocycles. The normalized spacial score (nSPS) is 12.1. The minimum Gasteiger partial charge on any atom is -0.279 e. The lowest BCUT2D eigenvalue weighted by Gasteiger charge is -2.04. The van der Waals surface area contributed by atoms with Crippen LogP contribution in [0.4, 0.5) is 0 Å². The van der Waals surface area contributed by atoms with Crippen LogP contribution in [-0.4, -0.2) is 24.3 Å². The third-order valence-electron chi connectivity index (χ3n) is 1.89. The number of rotatable bonds is 4. The quantitative estimate of drug-likeness (QED) is 0.940. The van der Waals surface area contributed by atoms with Gasteiger partial charge in [-0.3, -0.25) is 4.40 Å². The fraction of sp³-hybridized carbons (Fsp3) is 0.125. The zero-order valence-corrected chi connectivity index (χ0v) is 11.5. The molecule has 1 N–H and O–H groups in total. The summed E-state index contributed by atoms with van der Waals surface area (Å²) in [6.45, 7) is 3.34. The molecule has 2 aromatic rings. The van der Waals surface area contributed by atoms with Crippen molar-refractivity contribution in [2.45, 2.75) is 5.03 Å². The van der Waals surface area contributed by atoms with E-state index in [2.05, 4.69) is 16.3 Å². The first-order valence-electron chi connectivity index (χ1n) is 4.36. The molecule has 0 unspecified atom stereocenters. The second-order valence-electron chi connectivity index (χ2n) is 3.11. The van der Waals surface area contributed by atoms with Crippen LogP contribution in [0.1, 0.15) is 0 Å². The van der Waals surface area contributed by atoms with Gasteiger partial charge >= 0.3 is 0 Å².